The first-order valence-corrected chi connectivity index (χ1v) is 7.33. The van der Waals surface area contributed by atoms with Gasteiger partial charge in [0, 0.05) is 12.7 Å². The Bertz CT molecular complexity index is 596. The van der Waals surface area contributed by atoms with E-state index in [4.69, 9.17) is 12.6 Å². The molecule has 22 heavy (non-hydrogen) atoms. The van der Waals surface area contributed by atoms with Crippen LogP contribution in [0.15, 0.2) is 18.2 Å². The average molecular weight is 300 g/mol. The van der Waals surface area contributed by atoms with Crippen LogP contribution in [-0.4, -0.2) is 38.5 Å². The maximum atomic E-state index is 12.5. The first-order valence-electron chi connectivity index (χ1n) is 7.33. The summed E-state index contributed by atoms with van der Waals surface area (Å²) in [6, 6.07) is 4.87. The molecule has 0 saturated carbocycles. The molecular weight excluding hydrogens is 279 g/mol. The highest BCUT2D eigenvalue weighted by atomic mass is 16.6. The lowest BCUT2D eigenvalue weighted by Gasteiger charge is -2.24. The predicted molar refractivity (Wildman–Crippen MR) is 86.7 cm³/mol. The molecule has 5 nitrogen and oxygen atoms in total. The standard InChI is InChI=1S/C16H21BN2O3/c1-16(2,3)22-15(21)18-12-7-5-10-9-11(17)6-8-13(10)19(4)14(12)20/h6,8-9,12H,5,7H2,1-4H3,(H,18,21). The molecule has 0 fully saturated rings. The summed E-state index contributed by atoms with van der Waals surface area (Å²) in [5.74, 6) is -0.158. The van der Waals surface area contributed by atoms with Crippen LogP contribution in [0.3, 0.4) is 0 Å². The number of nitrogens with zero attached hydrogens (tertiary/aromatic N) is 1. The third-order valence-electron chi connectivity index (χ3n) is 3.49. The van der Waals surface area contributed by atoms with Gasteiger partial charge in [0.05, 0.1) is 0 Å². The molecule has 116 valence electrons. The van der Waals surface area contributed by atoms with Gasteiger partial charge in [-0.15, -0.1) is 0 Å². The highest BCUT2D eigenvalue weighted by molar-refractivity contribution is 6.32. The van der Waals surface area contributed by atoms with E-state index >= 15 is 0 Å². The summed E-state index contributed by atoms with van der Waals surface area (Å²) in [5.41, 5.74) is 1.90. The predicted octanol–water partition coefficient (Wildman–Crippen LogP) is 1.28. The summed E-state index contributed by atoms with van der Waals surface area (Å²) in [6.45, 7) is 5.35. The third kappa shape index (κ3) is 3.81. The van der Waals surface area contributed by atoms with Gasteiger partial charge in [0.2, 0.25) is 5.91 Å². The van der Waals surface area contributed by atoms with Crippen LogP contribution < -0.4 is 15.7 Å². The number of fused-ring (bicyclic) bond motifs is 1. The SMILES string of the molecule is [B]c1ccc2c(c1)CCC(NC(=O)OC(C)(C)C)C(=O)N2C. The Labute approximate surface area is 132 Å². The van der Waals surface area contributed by atoms with Crippen LogP contribution in [0.5, 0.6) is 0 Å². The van der Waals surface area contributed by atoms with E-state index in [2.05, 4.69) is 5.32 Å². The third-order valence-corrected chi connectivity index (χ3v) is 3.49. The summed E-state index contributed by atoms with van der Waals surface area (Å²) < 4.78 is 5.22. The van der Waals surface area contributed by atoms with Gasteiger partial charge in [0.15, 0.2) is 0 Å². The minimum atomic E-state index is -0.603. The molecule has 1 atom stereocenters. The fourth-order valence-electron chi connectivity index (χ4n) is 2.49. The van der Waals surface area contributed by atoms with E-state index < -0.39 is 17.7 Å². The summed E-state index contributed by atoms with van der Waals surface area (Å²) in [6.07, 6.45) is 0.597. The first kappa shape index (κ1) is 16.4. The molecule has 1 N–H and O–H groups in total. The van der Waals surface area contributed by atoms with Crippen LogP contribution in [-0.2, 0) is 16.0 Å². The van der Waals surface area contributed by atoms with Crippen molar-refractivity contribution >= 4 is 31.0 Å². The smallest absolute Gasteiger partial charge is 0.408 e. The van der Waals surface area contributed by atoms with Gasteiger partial charge in [0.1, 0.15) is 19.5 Å². The molecule has 0 bridgehead atoms. The second kappa shape index (κ2) is 6.03. The fraction of sp³-hybridized carbons (Fsp3) is 0.500. The van der Waals surface area contributed by atoms with Crippen molar-refractivity contribution in [1.29, 1.82) is 0 Å². The van der Waals surface area contributed by atoms with Crippen molar-refractivity contribution in [3.05, 3.63) is 23.8 Å². The second-order valence-corrected chi connectivity index (χ2v) is 6.52. The Morgan fingerprint density at radius 3 is 2.73 bits per heavy atom. The van der Waals surface area contributed by atoms with Gasteiger partial charge < -0.3 is 15.0 Å². The molecule has 2 amide bonds. The lowest BCUT2D eigenvalue weighted by atomic mass is 9.92. The van der Waals surface area contributed by atoms with Gasteiger partial charge in [-0.1, -0.05) is 17.6 Å². The monoisotopic (exact) mass is 300 g/mol. The number of carbonyl (C=O) groups excluding carboxylic acids is 2. The Balaban J connectivity index is 2.14. The Hall–Kier alpha value is -1.98. The molecular formula is C16H21BN2O3. The number of anilines is 1. The summed E-state index contributed by atoms with van der Waals surface area (Å²) in [7, 11) is 7.51. The fourth-order valence-corrected chi connectivity index (χ4v) is 2.49. The molecule has 1 aliphatic rings. The molecule has 0 aliphatic carbocycles. The number of amides is 2. The van der Waals surface area contributed by atoms with E-state index in [9.17, 15) is 9.59 Å². The highest BCUT2D eigenvalue weighted by Crippen LogP contribution is 2.25. The van der Waals surface area contributed by atoms with E-state index in [1.165, 1.54) is 0 Å². The Morgan fingerprint density at radius 2 is 2.09 bits per heavy atom. The van der Waals surface area contributed by atoms with E-state index in [0.29, 0.717) is 18.3 Å². The summed E-state index contributed by atoms with van der Waals surface area (Å²) in [5, 5.41) is 2.66. The van der Waals surface area contributed by atoms with Crippen molar-refractivity contribution in [2.45, 2.75) is 45.3 Å². The van der Waals surface area contributed by atoms with Crippen molar-refractivity contribution in [2.75, 3.05) is 11.9 Å². The Morgan fingerprint density at radius 1 is 1.41 bits per heavy atom. The van der Waals surface area contributed by atoms with Gasteiger partial charge in [-0.05, 0) is 45.2 Å². The topological polar surface area (TPSA) is 58.6 Å². The molecule has 0 aromatic heterocycles. The zero-order valence-corrected chi connectivity index (χ0v) is 13.5. The van der Waals surface area contributed by atoms with Crippen LogP contribution in [0.1, 0.15) is 32.8 Å². The van der Waals surface area contributed by atoms with Gasteiger partial charge in [-0.25, -0.2) is 4.79 Å². The van der Waals surface area contributed by atoms with Crippen LogP contribution >= 0.6 is 0 Å². The molecule has 1 heterocycles. The van der Waals surface area contributed by atoms with Gasteiger partial charge in [-0.3, -0.25) is 4.79 Å². The lowest BCUT2D eigenvalue weighted by Crippen LogP contribution is -2.48. The highest BCUT2D eigenvalue weighted by Gasteiger charge is 2.30. The van der Waals surface area contributed by atoms with Crippen LogP contribution in [0.2, 0.25) is 0 Å². The molecule has 2 rings (SSSR count). The number of benzene rings is 1. The maximum absolute atomic E-state index is 12.5. The lowest BCUT2D eigenvalue weighted by molar-refractivity contribution is -0.120. The molecule has 0 saturated heterocycles. The number of ether oxygens (including phenoxy) is 1. The van der Waals surface area contributed by atoms with Gasteiger partial charge in [-0.2, -0.15) is 0 Å². The van der Waals surface area contributed by atoms with Crippen molar-refractivity contribution in [2.24, 2.45) is 0 Å². The molecule has 1 aliphatic heterocycles. The summed E-state index contributed by atoms with van der Waals surface area (Å²) >= 11 is 0. The first-order chi connectivity index (χ1) is 10.2. The number of carbonyl (C=O) groups is 2. The molecule has 0 spiro atoms. The van der Waals surface area contributed by atoms with Crippen molar-refractivity contribution < 1.29 is 14.3 Å². The largest absolute Gasteiger partial charge is 0.444 e. The van der Waals surface area contributed by atoms with Crippen molar-refractivity contribution in [3.8, 4) is 0 Å². The number of hydrogen-bond donors (Lipinski definition) is 1. The zero-order valence-electron chi connectivity index (χ0n) is 13.5. The van der Waals surface area contributed by atoms with E-state index in [-0.39, 0.29) is 5.91 Å². The normalized spacial score (nSPS) is 18.5. The van der Waals surface area contributed by atoms with E-state index in [1.54, 1.807) is 38.8 Å². The van der Waals surface area contributed by atoms with Crippen LogP contribution in [0.25, 0.3) is 0 Å². The number of rotatable bonds is 1. The number of likely N-dealkylation sites (N-methyl/N-ethyl adjacent to an activating group) is 1. The number of nitrogens with one attached hydrogen (secondary N) is 1. The van der Waals surface area contributed by atoms with E-state index in [0.717, 1.165) is 11.3 Å². The van der Waals surface area contributed by atoms with E-state index in [1.807, 2.05) is 12.1 Å². The average Bonchev–Trinajstić information content (AvgIpc) is 2.49. The summed E-state index contributed by atoms with van der Waals surface area (Å²) in [4.78, 5) is 26.0. The van der Waals surface area contributed by atoms with Crippen LogP contribution in [0, 0.1) is 0 Å². The number of hydrogen-bond acceptors (Lipinski definition) is 3. The molecule has 6 heteroatoms. The van der Waals surface area contributed by atoms with Crippen molar-refractivity contribution in [3.63, 3.8) is 0 Å². The molecule has 2 radical (unpaired) electrons. The number of aryl methyl sites for hydroxylation is 1. The van der Waals surface area contributed by atoms with Gasteiger partial charge in [0.25, 0.3) is 0 Å². The minimum Gasteiger partial charge on any atom is -0.444 e. The minimum absolute atomic E-state index is 0.158. The number of alkyl carbamates (subject to hydrolysis) is 1. The van der Waals surface area contributed by atoms with Crippen molar-refractivity contribution in [1.82, 2.24) is 5.32 Å². The van der Waals surface area contributed by atoms with Gasteiger partial charge >= 0.3 is 6.09 Å². The maximum Gasteiger partial charge on any atom is 0.408 e. The Kier molecular flexibility index (Phi) is 4.49. The quantitative estimate of drug-likeness (QED) is 0.795. The molecule has 1 aromatic carbocycles. The second-order valence-electron chi connectivity index (χ2n) is 6.52. The van der Waals surface area contributed by atoms with Crippen LogP contribution in [0.4, 0.5) is 10.5 Å². The molecule has 1 aromatic rings. The molecule has 1 unspecified atom stereocenters. The zero-order chi connectivity index (χ0) is 16.5.